The van der Waals surface area contributed by atoms with Gasteiger partial charge in [0.25, 0.3) is 5.91 Å². The third kappa shape index (κ3) is 3.36. The average molecular weight is 357 g/mol. The fraction of sp³-hybridized carbons (Fsp3) is 0.429. The monoisotopic (exact) mass is 356 g/mol. The molecule has 0 saturated carbocycles. The summed E-state index contributed by atoms with van der Waals surface area (Å²) in [4.78, 5) is 25.7. The molecular formula is C14H17BrN2O4. The molecule has 1 unspecified atom stereocenters. The molecular weight excluding hydrogens is 340 g/mol. The predicted molar refractivity (Wildman–Crippen MR) is 81.0 cm³/mol. The number of hydrogen-bond donors (Lipinski definition) is 1. The van der Waals surface area contributed by atoms with Crippen LogP contribution in [-0.2, 0) is 14.3 Å². The Balaban J connectivity index is 2.22. The van der Waals surface area contributed by atoms with E-state index < -0.39 is 12.1 Å². The molecule has 1 saturated heterocycles. The van der Waals surface area contributed by atoms with Gasteiger partial charge in [0.1, 0.15) is 0 Å². The van der Waals surface area contributed by atoms with E-state index >= 15 is 0 Å². The van der Waals surface area contributed by atoms with Crippen molar-refractivity contribution in [3.05, 3.63) is 27.7 Å². The third-order valence-corrected chi connectivity index (χ3v) is 3.92. The molecule has 7 heteroatoms. The number of rotatable bonds is 2. The summed E-state index contributed by atoms with van der Waals surface area (Å²) in [6.45, 7) is 2.71. The molecule has 114 valence electrons. The maximum Gasteiger partial charge on any atom is 0.336 e. The van der Waals surface area contributed by atoms with E-state index in [1.165, 1.54) is 7.11 Å². The van der Waals surface area contributed by atoms with E-state index in [9.17, 15) is 9.59 Å². The number of nitrogens with zero attached hydrogens (tertiary/aromatic N) is 1. The summed E-state index contributed by atoms with van der Waals surface area (Å²) >= 11 is 3.34. The van der Waals surface area contributed by atoms with E-state index in [-0.39, 0.29) is 12.5 Å². The number of esters is 1. The minimum atomic E-state index is -0.738. The summed E-state index contributed by atoms with van der Waals surface area (Å²) in [6.07, 6.45) is -0.738. The number of nitrogens with two attached hydrogens (primary N) is 1. The summed E-state index contributed by atoms with van der Waals surface area (Å²) in [7, 11) is 1.30. The molecule has 1 aliphatic heterocycles. The number of morpholine rings is 1. The molecule has 21 heavy (non-hydrogen) atoms. The molecule has 0 bridgehead atoms. The molecule has 0 aromatic heterocycles. The van der Waals surface area contributed by atoms with Crippen LogP contribution in [0.5, 0.6) is 0 Å². The number of carbonyl (C=O) groups excluding carboxylic acids is 2. The Morgan fingerprint density at radius 3 is 2.86 bits per heavy atom. The molecule has 6 nitrogen and oxygen atoms in total. The molecule has 0 radical (unpaired) electrons. The van der Waals surface area contributed by atoms with Gasteiger partial charge in [0.2, 0.25) is 0 Å². The fourth-order valence-electron chi connectivity index (χ4n) is 2.20. The van der Waals surface area contributed by atoms with E-state index in [4.69, 9.17) is 10.5 Å². The number of hydrogen-bond acceptors (Lipinski definition) is 5. The van der Waals surface area contributed by atoms with Gasteiger partial charge in [0.15, 0.2) is 6.10 Å². The van der Waals surface area contributed by atoms with Crippen molar-refractivity contribution in [2.45, 2.75) is 13.0 Å². The molecule has 2 N–H and O–H groups in total. The van der Waals surface area contributed by atoms with Crippen LogP contribution in [-0.4, -0.2) is 49.7 Å². The number of halogens is 1. The van der Waals surface area contributed by atoms with Crippen molar-refractivity contribution in [1.29, 1.82) is 0 Å². The number of methoxy groups -OCH3 is 1. The lowest BCUT2D eigenvalue weighted by Crippen LogP contribution is -2.49. The van der Waals surface area contributed by atoms with Gasteiger partial charge in [-0.1, -0.05) is 15.9 Å². The number of anilines is 1. The Hall–Kier alpha value is -1.60. The van der Waals surface area contributed by atoms with Crippen LogP contribution in [0.1, 0.15) is 15.9 Å². The number of benzene rings is 1. The smallest absolute Gasteiger partial charge is 0.336 e. The van der Waals surface area contributed by atoms with Gasteiger partial charge < -0.3 is 20.1 Å². The summed E-state index contributed by atoms with van der Waals surface area (Å²) in [5.74, 6) is -0.643. The Kier molecular flexibility index (Phi) is 4.84. The normalized spacial score (nSPS) is 18.4. The number of amides is 1. The SMILES string of the molecule is COC(=O)C1CN(C(=O)c2cc(Br)cc(N)c2C)CCO1. The highest BCUT2D eigenvalue weighted by atomic mass is 79.9. The average Bonchev–Trinajstić information content (AvgIpc) is 2.49. The van der Waals surface area contributed by atoms with Crippen LogP contribution >= 0.6 is 15.9 Å². The van der Waals surface area contributed by atoms with Crippen LogP contribution in [0, 0.1) is 6.92 Å². The molecule has 0 aliphatic carbocycles. The molecule has 1 aromatic rings. The zero-order valence-electron chi connectivity index (χ0n) is 11.9. The highest BCUT2D eigenvalue weighted by Gasteiger charge is 2.31. The van der Waals surface area contributed by atoms with Gasteiger partial charge in [0.05, 0.1) is 20.3 Å². The topological polar surface area (TPSA) is 81.9 Å². The highest BCUT2D eigenvalue weighted by molar-refractivity contribution is 9.10. The summed E-state index contributed by atoms with van der Waals surface area (Å²) < 4.78 is 10.7. The first-order valence-electron chi connectivity index (χ1n) is 6.48. The largest absolute Gasteiger partial charge is 0.467 e. The van der Waals surface area contributed by atoms with E-state index in [1.54, 1.807) is 24.0 Å². The first-order chi connectivity index (χ1) is 9.93. The van der Waals surface area contributed by atoms with Crippen LogP contribution in [0.4, 0.5) is 5.69 Å². The maximum atomic E-state index is 12.6. The number of ether oxygens (including phenoxy) is 2. The fourth-order valence-corrected chi connectivity index (χ4v) is 2.68. The minimum absolute atomic E-state index is 0.169. The lowest BCUT2D eigenvalue weighted by atomic mass is 10.1. The molecule has 1 aliphatic rings. The Morgan fingerprint density at radius 1 is 1.48 bits per heavy atom. The third-order valence-electron chi connectivity index (χ3n) is 3.46. The Bertz CT molecular complexity index is 576. The van der Waals surface area contributed by atoms with Gasteiger partial charge in [-0.05, 0) is 24.6 Å². The van der Waals surface area contributed by atoms with E-state index in [2.05, 4.69) is 20.7 Å². The van der Waals surface area contributed by atoms with E-state index in [0.29, 0.717) is 24.4 Å². The van der Waals surface area contributed by atoms with Crippen molar-refractivity contribution in [1.82, 2.24) is 4.90 Å². The summed E-state index contributed by atoms with van der Waals surface area (Å²) in [6, 6.07) is 3.49. The molecule has 2 rings (SSSR count). The van der Waals surface area contributed by atoms with Gasteiger partial charge in [0, 0.05) is 22.3 Å². The predicted octanol–water partition coefficient (Wildman–Crippen LogP) is 1.35. The molecule has 1 fully saturated rings. The number of nitrogen functional groups attached to an aromatic ring is 1. The second-order valence-corrected chi connectivity index (χ2v) is 5.72. The zero-order chi connectivity index (χ0) is 15.6. The van der Waals surface area contributed by atoms with Crippen molar-refractivity contribution < 1.29 is 19.1 Å². The van der Waals surface area contributed by atoms with E-state index in [1.807, 2.05) is 0 Å². The van der Waals surface area contributed by atoms with Crippen LogP contribution in [0.25, 0.3) is 0 Å². The Morgan fingerprint density at radius 2 is 2.19 bits per heavy atom. The van der Waals surface area contributed by atoms with Gasteiger partial charge in [-0.15, -0.1) is 0 Å². The van der Waals surface area contributed by atoms with Gasteiger partial charge in [-0.25, -0.2) is 4.79 Å². The molecule has 1 heterocycles. The summed E-state index contributed by atoms with van der Waals surface area (Å²) in [5, 5.41) is 0. The van der Waals surface area contributed by atoms with Crippen LogP contribution in [0.15, 0.2) is 16.6 Å². The van der Waals surface area contributed by atoms with Gasteiger partial charge in [-0.3, -0.25) is 4.79 Å². The number of carbonyl (C=O) groups is 2. The van der Waals surface area contributed by atoms with Crippen molar-refractivity contribution >= 4 is 33.5 Å². The van der Waals surface area contributed by atoms with Gasteiger partial charge >= 0.3 is 5.97 Å². The lowest BCUT2D eigenvalue weighted by molar-refractivity contribution is -0.158. The molecule has 1 aromatic carbocycles. The first-order valence-corrected chi connectivity index (χ1v) is 7.27. The quantitative estimate of drug-likeness (QED) is 0.638. The Labute approximate surface area is 131 Å². The van der Waals surface area contributed by atoms with Crippen molar-refractivity contribution in [3.63, 3.8) is 0 Å². The zero-order valence-corrected chi connectivity index (χ0v) is 13.5. The second-order valence-electron chi connectivity index (χ2n) is 4.80. The van der Waals surface area contributed by atoms with Crippen LogP contribution < -0.4 is 5.73 Å². The van der Waals surface area contributed by atoms with Crippen LogP contribution in [0.3, 0.4) is 0 Å². The highest BCUT2D eigenvalue weighted by Crippen LogP contribution is 2.24. The van der Waals surface area contributed by atoms with Crippen molar-refractivity contribution in [2.24, 2.45) is 0 Å². The van der Waals surface area contributed by atoms with Crippen molar-refractivity contribution in [3.8, 4) is 0 Å². The second kappa shape index (κ2) is 6.44. The van der Waals surface area contributed by atoms with Crippen molar-refractivity contribution in [2.75, 3.05) is 32.5 Å². The molecule has 1 atom stereocenters. The maximum absolute atomic E-state index is 12.6. The van der Waals surface area contributed by atoms with Gasteiger partial charge in [-0.2, -0.15) is 0 Å². The van der Waals surface area contributed by atoms with E-state index in [0.717, 1.165) is 10.0 Å². The lowest BCUT2D eigenvalue weighted by Gasteiger charge is -2.32. The van der Waals surface area contributed by atoms with Crippen LogP contribution in [0.2, 0.25) is 0 Å². The minimum Gasteiger partial charge on any atom is -0.467 e. The summed E-state index contributed by atoms with van der Waals surface area (Å²) in [5.41, 5.74) is 7.68. The molecule has 1 amide bonds. The molecule has 0 spiro atoms. The first kappa shape index (κ1) is 15.8. The standard InChI is InChI=1S/C14H17BrN2O4/c1-8-10(5-9(15)6-11(8)16)13(18)17-3-4-21-12(7-17)14(19)20-2/h5-6,12H,3-4,7,16H2,1-2H3.